The van der Waals surface area contributed by atoms with E-state index in [1.807, 2.05) is 43.7 Å². The first-order valence-corrected chi connectivity index (χ1v) is 12.1. The Morgan fingerprint density at radius 2 is 1.88 bits per heavy atom. The van der Waals surface area contributed by atoms with E-state index in [0.717, 1.165) is 16.7 Å². The van der Waals surface area contributed by atoms with E-state index in [9.17, 15) is 8.42 Å². The molecule has 0 spiro atoms. The van der Waals surface area contributed by atoms with Gasteiger partial charge in [0.1, 0.15) is 11.3 Å². The Morgan fingerprint density at radius 1 is 1.09 bits per heavy atom. The molecule has 1 fully saturated rings. The molecule has 32 heavy (non-hydrogen) atoms. The lowest BCUT2D eigenvalue weighted by Crippen LogP contribution is -2.47. The lowest BCUT2D eigenvalue weighted by Gasteiger charge is -2.31. The molecule has 1 aliphatic heterocycles. The summed E-state index contributed by atoms with van der Waals surface area (Å²) in [5.74, 6) is 0.601. The van der Waals surface area contributed by atoms with Crippen molar-refractivity contribution < 1.29 is 13.2 Å². The van der Waals surface area contributed by atoms with E-state index in [0.29, 0.717) is 49.8 Å². The fraction of sp³-hybridized carbons (Fsp3) is 0.364. The number of hydrogen-bond acceptors (Lipinski definition) is 6. The molecule has 10 heteroatoms. The maximum absolute atomic E-state index is 13.4. The van der Waals surface area contributed by atoms with Gasteiger partial charge in [-0.1, -0.05) is 0 Å². The summed E-state index contributed by atoms with van der Waals surface area (Å²) in [5, 5.41) is 4.34. The van der Waals surface area contributed by atoms with E-state index in [2.05, 4.69) is 10.00 Å². The van der Waals surface area contributed by atoms with Crippen molar-refractivity contribution in [3.63, 3.8) is 0 Å². The van der Waals surface area contributed by atoms with Gasteiger partial charge in [0.15, 0.2) is 5.65 Å². The van der Waals surface area contributed by atoms with Crippen LogP contribution in [0.4, 0.5) is 0 Å². The smallest absolute Gasteiger partial charge is 0.243 e. The molecule has 0 bridgehead atoms. The second-order valence-corrected chi connectivity index (χ2v) is 9.94. The van der Waals surface area contributed by atoms with Crippen LogP contribution in [0, 0.1) is 0 Å². The van der Waals surface area contributed by atoms with Gasteiger partial charge in [0, 0.05) is 45.0 Å². The molecule has 0 saturated carbocycles. The van der Waals surface area contributed by atoms with E-state index in [4.69, 9.17) is 9.72 Å². The monoisotopic (exact) mass is 454 g/mol. The van der Waals surface area contributed by atoms with Crippen LogP contribution in [0.1, 0.15) is 6.92 Å². The number of likely N-dealkylation sites (N-methyl/N-ethyl adjacent to an activating group) is 1. The highest BCUT2D eigenvalue weighted by Gasteiger charge is 2.29. The van der Waals surface area contributed by atoms with Crippen LogP contribution in [0.5, 0.6) is 5.75 Å². The van der Waals surface area contributed by atoms with Gasteiger partial charge in [0.2, 0.25) is 10.0 Å². The summed E-state index contributed by atoms with van der Waals surface area (Å²) in [7, 11) is 0.249. The quantitative estimate of drug-likeness (QED) is 0.460. The first-order chi connectivity index (χ1) is 15.4. The maximum Gasteiger partial charge on any atom is 0.243 e. The second kappa shape index (κ2) is 7.88. The van der Waals surface area contributed by atoms with Crippen LogP contribution in [0.2, 0.25) is 0 Å². The van der Waals surface area contributed by atoms with E-state index in [-0.39, 0.29) is 4.90 Å². The Labute approximate surface area is 186 Å². The third-order valence-electron chi connectivity index (χ3n) is 5.95. The van der Waals surface area contributed by atoms with Gasteiger partial charge >= 0.3 is 0 Å². The summed E-state index contributed by atoms with van der Waals surface area (Å²) < 4.78 is 38.0. The second-order valence-electron chi connectivity index (χ2n) is 8.00. The Kier molecular flexibility index (Phi) is 5.15. The molecule has 1 aliphatic rings. The number of ether oxygens (including phenoxy) is 1. The fourth-order valence-electron chi connectivity index (χ4n) is 4.23. The number of sulfonamides is 1. The van der Waals surface area contributed by atoms with Gasteiger partial charge in [-0.15, -0.1) is 0 Å². The Bertz CT molecular complexity index is 1400. The zero-order valence-corrected chi connectivity index (χ0v) is 19.2. The number of nitrogens with zero attached hydrogens (tertiary/aromatic N) is 6. The summed E-state index contributed by atoms with van der Waals surface area (Å²) in [6, 6.07) is 8.96. The number of fused-ring (bicyclic) bond motifs is 3. The van der Waals surface area contributed by atoms with Crippen LogP contribution in [0.25, 0.3) is 27.9 Å². The minimum atomic E-state index is -3.63. The van der Waals surface area contributed by atoms with Crippen LogP contribution in [-0.2, 0) is 17.1 Å². The third kappa shape index (κ3) is 3.35. The van der Waals surface area contributed by atoms with Gasteiger partial charge in [-0.3, -0.25) is 9.08 Å². The number of benzene rings is 1. The molecule has 168 valence electrons. The van der Waals surface area contributed by atoms with Gasteiger partial charge < -0.3 is 9.64 Å². The maximum atomic E-state index is 13.4. The molecule has 0 unspecified atom stereocenters. The minimum Gasteiger partial charge on any atom is -0.493 e. The molecule has 0 N–H and O–H groups in total. The zero-order chi connectivity index (χ0) is 22.5. The van der Waals surface area contributed by atoms with Gasteiger partial charge in [0.05, 0.1) is 28.9 Å². The lowest BCUT2D eigenvalue weighted by molar-refractivity contribution is 0.222. The van der Waals surface area contributed by atoms with Gasteiger partial charge in [-0.2, -0.15) is 9.40 Å². The predicted octanol–water partition coefficient (Wildman–Crippen LogP) is 2.22. The molecular formula is C22H26N6O3S. The normalized spacial score (nSPS) is 16.2. The largest absolute Gasteiger partial charge is 0.493 e. The molecule has 0 radical (unpaired) electrons. The molecule has 0 amide bonds. The van der Waals surface area contributed by atoms with Crippen molar-refractivity contribution in [2.45, 2.75) is 11.8 Å². The Balaban J connectivity index is 1.69. The SMILES string of the molecule is CCOc1ccc(S(=O)(=O)N2CCN(C)CC2)cc1-c1nc2cnn(C)c2n2cccc12. The Morgan fingerprint density at radius 3 is 2.62 bits per heavy atom. The first kappa shape index (κ1) is 20.9. The number of aryl methyl sites for hydroxylation is 1. The van der Waals surface area contributed by atoms with Crippen molar-refractivity contribution in [1.82, 2.24) is 28.4 Å². The number of piperazine rings is 1. The van der Waals surface area contributed by atoms with Crippen LogP contribution in [0.15, 0.2) is 47.6 Å². The van der Waals surface area contributed by atoms with Crippen molar-refractivity contribution in [3.8, 4) is 17.0 Å². The molecule has 1 aromatic carbocycles. The van der Waals surface area contributed by atoms with Crippen LogP contribution in [0.3, 0.4) is 0 Å². The van der Waals surface area contributed by atoms with E-state index in [1.54, 1.807) is 33.4 Å². The lowest BCUT2D eigenvalue weighted by atomic mass is 10.1. The van der Waals surface area contributed by atoms with Crippen molar-refractivity contribution in [3.05, 3.63) is 42.7 Å². The topological polar surface area (TPSA) is 85.0 Å². The fourth-order valence-corrected chi connectivity index (χ4v) is 5.67. The highest BCUT2D eigenvalue weighted by molar-refractivity contribution is 7.89. The van der Waals surface area contributed by atoms with Gasteiger partial charge in [-0.25, -0.2) is 13.4 Å². The molecular weight excluding hydrogens is 428 g/mol. The summed E-state index contributed by atoms with van der Waals surface area (Å²) in [4.78, 5) is 7.24. The standard InChI is InChI=1S/C22H26N6O3S/c1-4-31-20-8-7-16(32(29,30)27-12-10-25(2)11-13-27)14-17(20)21-19-6-5-9-28(19)22-18(24-21)15-23-26(22)3/h5-9,14-15H,4,10-13H2,1-3H3. The number of rotatable bonds is 5. The first-order valence-electron chi connectivity index (χ1n) is 10.6. The predicted molar refractivity (Wildman–Crippen MR) is 122 cm³/mol. The van der Waals surface area contributed by atoms with Crippen molar-refractivity contribution in [1.29, 1.82) is 0 Å². The van der Waals surface area contributed by atoms with Crippen molar-refractivity contribution in [2.75, 3.05) is 39.8 Å². The summed E-state index contributed by atoms with van der Waals surface area (Å²) in [6.07, 6.45) is 3.67. The van der Waals surface area contributed by atoms with Crippen molar-refractivity contribution in [2.24, 2.45) is 7.05 Å². The Hall–Kier alpha value is -2.95. The molecule has 0 atom stereocenters. The number of aromatic nitrogens is 4. The minimum absolute atomic E-state index is 0.248. The molecule has 5 rings (SSSR count). The van der Waals surface area contributed by atoms with E-state index >= 15 is 0 Å². The molecule has 3 aromatic heterocycles. The van der Waals surface area contributed by atoms with Crippen LogP contribution < -0.4 is 4.74 Å². The van der Waals surface area contributed by atoms with Crippen LogP contribution >= 0.6 is 0 Å². The molecule has 4 aromatic rings. The van der Waals surface area contributed by atoms with Crippen LogP contribution in [-0.4, -0.2) is 76.6 Å². The van der Waals surface area contributed by atoms with E-state index in [1.165, 1.54) is 0 Å². The third-order valence-corrected chi connectivity index (χ3v) is 7.84. The summed E-state index contributed by atoms with van der Waals surface area (Å²) >= 11 is 0. The number of hydrogen-bond donors (Lipinski definition) is 0. The highest BCUT2D eigenvalue weighted by atomic mass is 32.2. The molecule has 4 heterocycles. The molecule has 1 saturated heterocycles. The highest BCUT2D eigenvalue weighted by Crippen LogP contribution is 2.36. The van der Waals surface area contributed by atoms with Crippen molar-refractivity contribution >= 4 is 26.7 Å². The zero-order valence-electron chi connectivity index (χ0n) is 18.4. The van der Waals surface area contributed by atoms with Gasteiger partial charge in [0.25, 0.3) is 0 Å². The van der Waals surface area contributed by atoms with E-state index < -0.39 is 10.0 Å². The average molecular weight is 455 g/mol. The average Bonchev–Trinajstić information content (AvgIpc) is 3.40. The summed E-state index contributed by atoms with van der Waals surface area (Å²) in [6.45, 7) is 4.75. The molecule has 0 aliphatic carbocycles. The molecule has 9 nitrogen and oxygen atoms in total. The summed E-state index contributed by atoms with van der Waals surface area (Å²) in [5.41, 5.74) is 3.76. The van der Waals surface area contributed by atoms with Gasteiger partial charge in [-0.05, 0) is 44.3 Å².